The second-order valence-corrected chi connectivity index (χ2v) is 9.28. The Bertz CT molecular complexity index is 641. The van der Waals surface area contributed by atoms with Crippen molar-refractivity contribution in [1.29, 1.82) is 0 Å². The zero-order valence-electron chi connectivity index (χ0n) is 15.5. The summed E-state index contributed by atoms with van der Waals surface area (Å²) in [4.78, 5) is 23.4. The summed E-state index contributed by atoms with van der Waals surface area (Å²) < 4.78 is 20.7. The number of carbonyl (C=O) groups is 2. The van der Waals surface area contributed by atoms with Crippen LogP contribution in [-0.2, 0) is 14.3 Å². The molecule has 0 saturated heterocycles. The van der Waals surface area contributed by atoms with Gasteiger partial charge in [0.2, 0.25) is 0 Å². The molecule has 0 heterocycles. The Hall–Kier alpha value is -1.19. The number of hydrogen-bond acceptors (Lipinski definition) is 3. The van der Waals surface area contributed by atoms with E-state index in [9.17, 15) is 9.59 Å². The van der Waals surface area contributed by atoms with Gasteiger partial charge in [-0.05, 0) is 73.3 Å². The Balaban J connectivity index is 1.66. The fourth-order valence-electron chi connectivity index (χ4n) is 6.90. The van der Waals surface area contributed by atoms with Gasteiger partial charge in [0, 0.05) is 18.8 Å². The molecule has 0 aromatic carbocycles. The smallest absolute Gasteiger partial charge is 0.302 e. The highest BCUT2D eigenvalue weighted by atomic mass is 19.1. The highest BCUT2D eigenvalue weighted by Gasteiger charge is 2.61. The highest BCUT2D eigenvalue weighted by molar-refractivity contribution is 5.91. The van der Waals surface area contributed by atoms with Crippen LogP contribution in [0.15, 0.2) is 11.6 Å². The van der Waals surface area contributed by atoms with Crippen molar-refractivity contribution >= 4 is 11.8 Å². The normalized spacial score (nSPS) is 48.9. The molecule has 0 aromatic heterocycles. The molecule has 0 radical (unpaired) electrons. The summed E-state index contributed by atoms with van der Waals surface area (Å²) in [6.45, 7) is 5.92. The lowest BCUT2D eigenvalue weighted by Gasteiger charge is -2.58. The van der Waals surface area contributed by atoms with Gasteiger partial charge in [-0.2, -0.15) is 0 Å². The molecule has 4 rings (SSSR count). The van der Waals surface area contributed by atoms with Crippen molar-refractivity contribution in [1.82, 2.24) is 0 Å². The van der Waals surface area contributed by atoms with E-state index in [0.717, 1.165) is 37.7 Å². The number of hydrogen-bond donors (Lipinski definition) is 0. The molecule has 25 heavy (non-hydrogen) atoms. The summed E-state index contributed by atoms with van der Waals surface area (Å²) in [7, 11) is 0. The minimum Gasteiger partial charge on any atom is -0.462 e. The second-order valence-electron chi connectivity index (χ2n) is 9.28. The van der Waals surface area contributed by atoms with Crippen LogP contribution < -0.4 is 0 Å². The number of alkyl halides is 1. The van der Waals surface area contributed by atoms with E-state index in [4.69, 9.17) is 4.74 Å². The number of allylic oxidation sites excluding steroid dienone is 1. The Morgan fingerprint density at radius 1 is 1.20 bits per heavy atom. The summed E-state index contributed by atoms with van der Waals surface area (Å²) in [5.74, 6) is 1.09. The molecule has 7 atom stereocenters. The molecule has 3 saturated carbocycles. The molecule has 4 aliphatic rings. The van der Waals surface area contributed by atoms with Gasteiger partial charge < -0.3 is 4.74 Å². The first-order valence-electron chi connectivity index (χ1n) is 9.82. The van der Waals surface area contributed by atoms with Crippen LogP contribution in [0.1, 0.15) is 65.7 Å². The maximum Gasteiger partial charge on any atom is 0.302 e. The molecule has 0 spiro atoms. The van der Waals surface area contributed by atoms with Gasteiger partial charge in [0.15, 0.2) is 5.78 Å². The SMILES string of the molecule is CC(=O)O[C@H]1CC[C@H]2[C@@H]3C[C@H](F)C4=CC(=O)CC[C@]4(C)[C@H]3CC[C@]12C. The first-order chi connectivity index (χ1) is 11.8. The summed E-state index contributed by atoms with van der Waals surface area (Å²) in [6, 6.07) is 0. The van der Waals surface area contributed by atoms with E-state index in [0.29, 0.717) is 30.6 Å². The first-order valence-corrected chi connectivity index (χ1v) is 9.82. The third-order valence-corrected chi connectivity index (χ3v) is 8.16. The van der Waals surface area contributed by atoms with Crippen LogP contribution in [0.25, 0.3) is 0 Å². The third-order valence-electron chi connectivity index (χ3n) is 8.16. The molecule has 0 aromatic rings. The summed E-state index contributed by atoms with van der Waals surface area (Å²) >= 11 is 0. The van der Waals surface area contributed by atoms with Crippen molar-refractivity contribution in [2.24, 2.45) is 28.6 Å². The lowest BCUT2D eigenvalue weighted by atomic mass is 9.47. The van der Waals surface area contributed by atoms with Crippen molar-refractivity contribution in [2.45, 2.75) is 78.0 Å². The van der Waals surface area contributed by atoms with E-state index in [1.54, 1.807) is 6.08 Å². The Labute approximate surface area is 149 Å². The standard InChI is InChI=1S/C21H29FO3/c1-12(23)25-19-5-4-15-14-11-18(22)17-10-13(24)6-8-20(17,2)16(14)7-9-21(15,19)3/h10,14-16,18-19H,4-9,11H2,1-3H3/t14-,15-,16-,18-,19-,20+,21-/m0/s1. The average Bonchev–Trinajstić information content (AvgIpc) is 2.86. The maximum atomic E-state index is 15.1. The monoisotopic (exact) mass is 348 g/mol. The molecule has 138 valence electrons. The summed E-state index contributed by atoms with van der Waals surface area (Å²) in [5, 5.41) is 0. The van der Waals surface area contributed by atoms with Gasteiger partial charge in [0.25, 0.3) is 0 Å². The molecule has 3 fully saturated rings. The quantitative estimate of drug-likeness (QED) is 0.660. The van der Waals surface area contributed by atoms with Gasteiger partial charge in [0.1, 0.15) is 12.3 Å². The minimum atomic E-state index is -0.995. The van der Waals surface area contributed by atoms with Gasteiger partial charge in [-0.3, -0.25) is 9.59 Å². The number of ether oxygens (including phenoxy) is 1. The van der Waals surface area contributed by atoms with Crippen LogP contribution >= 0.6 is 0 Å². The topological polar surface area (TPSA) is 43.4 Å². The van der Waals surface area contributed by atoms with E-state index in [2.05, 4.69) is 13.8 Å². The van der Waals surface area contributed by atoms with Crippen LogP contribution in [0.4, 0.5) is 4.39 Å². The lowest BCUT2D eigenvalue weighted by Crippen LogP contribution is -2.54. The number of esters is 1. The zero-order chi connectivity index (χ0) is 18.0. The van der Waals surface area contributed by atoms with Crippen molar-refractivity contribution in [3.05, 3.63) is 11.6 Å². The van der Waals surface area contributed by atoms with Crippen LogP contribution in [0.3, 0.4) is 0 Å². The van der Waals surface area contributed by atoms with E-state index >= 15 is 4.39 Å². The molecular formula is C21H29FO3. The van der Waals surface area contributed by atoms with E-state index in [1.807, 2.05) is 0 Å². The van der Waals surface area contributed by atoms with Gasteiger partial charge in [-0.15, -0.1) is 0 Å². The molecule has 0 N–H and O–H groups in total. The van der Waals surface area contributed by atoms with Crippen LogP contribution in [0, 0.1) is 28.6 Å². The molecule has 0 aliphatic heterocycles. The lowest BCUT2D eigenvalue weighted by molar-refractivity contribution is -0.157. The molecule has 4 aliphatic carbocycles. The Morgan fingerprint density at radius 2 is 1.96 bits per heavy atom. The number of fused-ring (bicyclic) bond motifs is 5. The zero-order valence-corrected chi connectivity index (χ0v) is 15.5. The number of carbonyl (C=O) groups excluding carboxylic acids is 2. The van der Waals surface area contributed by atoms with Crippen molar-refractivity contribution < 1.29 is 18.7 Å². The van der Waals surface area contributed by atoms with Crippen molar-refractivity contribution in [3.8, 4) is 0 Å². The Kier molecular flexibility index (Phi) is 3.90. The molecule has 0 unspecified atom stereocenters. The van der Waals surface area contributed by atoms with Crippen LogP contribution in [0.5, 0.6) is 0 Å². The Morgan fingerprint density at radius 3 is 2.68 bits per heavy atom. The predicted octanol–water partition coefficient (Wildman–Crippen LogP) is 4.40. The van der Waals surface area contributed by atoms with E-state index < -0.39 is 6.17 Å². The van der Waals surface area contributed by atoms with E-state index in [1.165, 1.54) is 6.92 Å². The maximum absolute atomic E-state index is 15.1. The fraction of sp³-hybridized carbons (Fsp3) is 0.810. The first kappa shape index (κ1) is 17.2. The van der Waals surface area contributed by atoms with Gasteiger partial charge in [0.05, 0.1) is 0 Å². The van der Waals surface area contributed by atoms with Crippen molar-refractivity contribution in [2.75, 3.05) is 0 Å². The predicted molar refractivity (Wildman–Crippen MR) is 92.5 cm³/mol. The van der Waals surface area contributed by atoms with Crippen LogP contribution in [-0.4, -0.2) is 24.0 Å². The largest absolute Gasteiger partial charge is 0.462 e. The number of ketones is 1. The van der Waals surface area contributed by atoms with E-state index in [-0.39, 0.29) is 28.7 Å². The van der Waals surface area contributed by atoms with Gasteiger partial charge in [-0.1, -0.05) is 13.8 Å². The van der Waals surface area contributed by atoms with Gasteiger partial charge >= 0.3 is 5.97 Å². The van der Waals surface area contributed by atoms with Gasteiger partial charge in [-0.25, -0.2) is 4.39 Å². The average molecular weight is 348 g/mol. The highest BCUT2D eigenvalue weighted by Crippen LogP contribution is 2.65. The molecular weight excluding hydrogens is 319 g/mol. The van der Waals surface area contributed by atoms with Crippen LogP contribution in [0.2, 0.25) is 0 Å². The second kappa shape index (κ2) is 5.65. The minimum absolute atomic E-state index is 0.0192. The molecule has 3 nitrogen and oxygen atoms in total. The fourth-order valence-corrected chi connectivity index (χ4v) is 6.90. The molecule has 0 amide bonds. The molecule has 4 heteroatoms. The summed E-state index contributed by atoms with van der Waals surface area (Å²) in [5.41, 5.74) is 0.578. The number of halogens is 1. The summed E-state index contributed by atoms with van der Waals surface area (Å²) in [6.07, 6.45) is 6.48. The third kappa shape index (κ3) is 2.43. The van der Waals surface area contributed by atoms with Crippen molar-refractivity contribution in [3.63, 3.8) is 0 Å². The molecule has 0 bridgehead atoms. The number of rotatable bonds is 1.